The fraction of sp³-hybridized carbons (Fsp3) is 0.231. The number of azo groups is 1. The minimum absolute atomic E-state index is 0.00559. The van der Waals surface area contributed by atoms with Gasteiger partial charge < -0.3 is 5.73 Å². The Morgan fingerprint density at radius 3 is 2.20 bits per heavy atom. The van der Waals surface area contributed by atoms with E-state index in [2.05, 4.69) is 10.2 Å². The van der Waals surface area contributed by atoms with Crippen molar-refractivity contribution in [2.75, 3.05) is 5.73 Å². The molecule has 104 valence electrons. The molecule has 0 fully saturated rings. The average molecular weight is 273 g/mol. The second-order valence-electron chi connectivity index (χ2n) is 4.48. The van der Waals surface area contributed by atoms with Gasteiger partial charge in [0.15, 0.2) is 5.69 Å². The van der Waals surface area contributed by atoms with Crippen molar-refractivity contribution in [2.45, 2.75) is 6.92 Å². The summed E-state index contributed by atoms with van der Waals surface area (Å²) in [6.45, 7) is 1.96. The Labute approximate surface area is 115 Å². The van der Waals surface area contributed by atoms with Gasteiger partial charge in [-0.1, -0.05) is 17.7 Å². The van der Waals surface area contributed by atoms with Crippen molar-refractivity contribution in [1.82, 2.24) is 9.13 Å². The van der Waals surface area contributed by atoms with Crippen LogP contribution in [-0.4, -0.2) is 9.13 Å². The van der Waals surface area contributed by atoms with Crippen molar-refractivity contribution < 1.29 is 0 Å². The van der Waals surface area contributed by atoms with Gasteiger partial charge in [-0.3, -0.25) is 13.9 Å². The van der Waals surface area contributed by atoms with Crippen molar-refractivity contribution in [3.05, 3.63) is 50.7 Å². The van der Waals surface area contributed by atoms with Crippen molar-refractivity contribution in [2.24, 2.45) is 24.3 Å². The Balaban J connectivity index is 2.52. The molecule has 2 rings (SSSR count). The van der Waals surface area contributed by atoms with Gasteiger partial charge in [0.2, 0.25) is 0 Å². The summed E-state index contributed by atoms with van der Waals surface area (Å²) in [7, 11) is 2.84. The third-order valence-electron chi connectivity index (χ3n) is 2.98. The van der Waals surface area contributed by atoms with E-state index in [4.69, 9.17) is 5.73 Å². The molecule has 2 aromatic rings. The van der Waals surface area contributed by atoms with Crippen LogP contribution in [0.2, 0.25) is 0 Å². The van der Waals surface area contributed by atoms with Gasteiger partial charge in [-0.2, -0.15) is 5.11 Å². The highest BCUT2D eigenvalue weighted by Gasteiger charge is 2.12. The zero-order valence-corrected chi connectivity index (χ0v) is 11.5. The summed E-state index contributed by atoms with van der Waals surface area (Å²) in [4.78, 5) is 23.6. The molecule has 1 aromatic heterocycles. The van der Waals surface area contributed by atoms with Crippen molar-refractivity contribution >= 4 is 17.2 Å². The molecule has 0 aliphatic heterocycles. The summed E-state index contributed by atoms with van der Waals surface area (Å²) in [6.07, 6.45) is 0. The molecule has 0 saturated carbocycles. The Bertz CT molecular complexity index is 784. The van der Waals surface area contributed by atoms with Crippen LogP contribution in [0.3, 0.4) is 0 Å². The first-order valence-electron chi connectivity index (χ1n) is 5.95. The van der Waals surface area contributed by atoms with Crippen molar-refractivity contribution in [3.63, 3.8) is 0 Å². The predicted molar refractivity (Wildman–Crippen MR) is 76.7 cm³/mol. The number of hydrogen-bond acceptors (Lipinski definition) is 5. The van der Waals surface area contributed by atoms with Gasteiger partial charge in [0, 0.05) is 14.1 Å². The number of nitrogens with two attached hydrogens (primary N) is 1. The molecule has 1 aromatic carbocycles. The number of benzene rings is 1. The molecule has 7 nitrogen and oxygen atoms in total. The first-order chi connectivity index (χ1) is 9.41. The van der Waals surface area contributed by atoms with E-state index in [0.29, 0.717) is 5.69 Å². The zero-order chi connectivity index (χ0) is 14.9. The van der Waals surface area contributed by atoms with Gasteiger partial charge >= 0.3 is 5.69 Å². The molecule has 0 aliphatic rings. The fourth-order valence-electron chi connectivity index (χ4n) is 1.66. The molecule has 0 saturated heterocycles. The molecule has 1 heterocycles. The summed E-state index contributed by atoms with van der Waals surface area (Å²) < 4.78 is 2.10. The number of aromatic nitrogens is 2. The normalized spacial score (nSPS) is 11.2. The molecule has 2 N–H and O–H groups in total. The highest BCUT2D eigenvalue weighted by molar-refractivity contribution is 5.56. The maximum Gasteiger partial charge on any atom is 0.332 e. The minimum atomic E-state index is -0.568. The monoisotopic (exact) mass is 273 g/mol. The van der Waals surface area contributed by atoms with Crippen LogP contribution >= 0.6 is 0 Å². The number of rotatable bonds is 2. The Kier molecular flexibility index (Phi) is 3.51. The molecule has 0 aliphatic carbocycles. The highest BCUT2D eigenvalue weighted by atomic mass is 16.2. The lowest BCUT2D eigenvalue weighted by Gasteiger charge is -2.07. The van der Waals surface area contributed by atoms with Crippen molar-refractivity contribution in [1.29, 1.82) is 0 Å². The minimum Gasteiger partial charge on any atom is -0.383 e. The second kappa shape index (κ2) is 5.12. The molecule has 0 amide bonds. The van der Waals surface area contributed by atoms with Crippen LogP contribution in [0, 0.1) is 6.92 Å². The largest absolute Gasteiger partial charge is 0.383 e. The molecular weight excluding hydrogens is 258 g/mol. The first-order valence-corrected chi connectivity index (χ1v) is 5.95. The van der Waals surface area contributed by atoms with Gasteiger partial charge in [-0.05, 0) is 19.1 Å². The number of hydrogen-bond donors (Lipinski definition) is 1. The van der Waals surface area contributed by atoms with Gasteiger partial charge in [0.1, 0.15) is 5.82 Å². The second-order valence-corrected chi connectivity index (χ2v) is 4.48. The number of aryl methyl sites for hydroxylation is 1. The fourth-order valence-corrected chi connectivity index (χ4v) is 1.66. The lowest BCUT2D eigenvalue weighted by atomic mass is 10.2. The van der Waals surface area contributed by atoms with E-state index in [1.54, 1.807) is 12.1 Å². The van der Waals surface area contributed by atoms with E-state index in [1.165, 1.54) is 14.1 Å². The number of anilines is 1. The third kappa shape index (κ3) is 2.37. The third-order valence-corrected chi connectivity index (χ3v) is 2.98. The lowest BCUT2D eigenvalue weighted by Crippen LogP contribution is -2.37. The van der Waals surface area contributed by atoms with E-state index < -0.39 is 11.2 Å². The molecule has 0 spiro atoms. The molecular formula is C13H15N5O2. The van der Waals surface area contributed by atoms with Crippen LogP contribution in [0.4, 0.5) is 17.2 Å². The van der Waals surface area contributed by atoms with Gasteiger partial charge in [-0.15, -0.1) is 5.11 Å². The Morgan fingerprint density at radius 1 is 1.00 bits per heavy atom. The molecule has 0 radical (unpaired) electrons. The van der Waals surface area contributed by atoms with Crippen LogP contribution in [0.15, 0.2) is 44.1 Å². The molecule has 7 heteroatoms. The smallest absolute Gasteiger partial charge is 0.332 e. The van der Waals surface area contributed by atoms with Crippen molar-refractivity contribution in [3.8, 4) is 0 Å². The van der Waals surface area contributed by atoms with Crippen LogP contribution in [0.25, 0.3) is 0 Å². The number of nitrogen functional groups attached to an aromatic ring is 1. The number of nitrogens with zero attached hydrogens (tertiary/aromatic N) is 4. The van der Waals surface area contributed by atoms with Gasteiger partial charge in [0.05, 0.1) is 5.69 Å². The maximum absolute atomic E-state index is 12.0. The van der Waals surface area contributed by atoms with Crippen LogP contribution < -0.4 is 17.0 Å². The summed E-state index contributed by atoms with van der Waals surface area (Å²) in [5.74, 6) is -0.00559. The Morgan fingerprint density at radius 2 is 1.60 bits per heavy atom. The molecule has 0 atom stereocenters. The van der Waals surface area contributed by atoms with Crippen LogP contribution in [-0.2, 0) is 14.1 Å². The molecule has 20 heavy (non-hydrogen) atoms. The summed E-state index contributed by atoms with van der Waals surface area (Å²) >= 11 is 0. The van der Waals surface area contributed by atoms with E-state index in [0.717, 1.165) is 14.7 Å². The summed E-state index contributed by atoms with van der Waals surface area (Å²) in [6, 6.07) is 7.33. The average Bonchev–Trinajstić information content (AvgIpc) is 2.45. The quantitative estimate of drug-likeness (QED) is 0.837. The van der Waals surface area contributed by atoms with Gasteiger partial charge in [0.25, 0.3) is 5.56 Å². The van der Waals surface area contributed by atoms with Gasteiger partial charge in [-0.25, -0.2) is 4.79 Å². The summed E-state index contributed by atoms with van der Waals surface area (Å²) in [5, 5.41) is 7.84. The highest BCUT2D eigenvalue weighted by Crippen LogP contribution is 2.19. The summed E-state index contributed by atoms with van der Waals surface area (Å²) in [5.41, 5.74) is 6.33. The topological polar surface area (TPSA) is 94.7 Å². The lowest BCUT2D eigenvalue weighted by molar-refractivity contribution is 0.694. The van der Waals surface area contributed by atoms with Crippen LogP contribution in [0.1, 0.15) is 5.56 Å². The SMILES string of the molecule is Cc1ccc(N=Nc2c(N)n(C)c(=O)n(C)c2=O)cc1. The predicted octanol–water partition coefficient (Wildman–Crippen LogP) is 1.39. The Hall–Kier alpha value is -2.70. The molecule has 0 unspecified atom stereocenters. The zero-order valence-electron chi connectivity index (χ0n) is 11.5. The van der Waals surface area contributed by atoms with E-state index >= 15 is 0 Å². The standard InChI is InChI=1S/C13H15N5O2/c1-8-4-6-9(7-5-8)15-16-10-11(14)17(2)13(20)18(3)12(10)19/h4-7H,14H2,1-3H3. The molecule has 0 bridgehead atoms. The van der Waals surface area contributed by atoms with E-state index in [-0.39, 0.29) is 11.5 Å². The van der Waals surface area contributed by atoms with E-state index in [1.807, 2.05) is 19.1 Å². The van der Waals surface area contributed by atoms with E-state index in [9.17, 15) is 9.59 Å². The maximum atomic E-state index is 12.0. The van der Waals surface area contributed by atoms with Crippen LogP contribution in [0.5, 0.6) is 0 Å². The first kappa shape index (κ1) is 13.7.